The van der Waals surface area contributed by atoms with Crippen molar-refractivity contribution in [2.75, 3.05) is 35.0 Å². The monoisotopic (exact) mass is 413 g/mol. The van der Waals surface area contributed by atoms with Gasteiger partial charge < -0.3 is 28.3 Å². The van der Waals surface area contributed by atoms with Crippen molar-refractivity contribution in [3.8, 4) is 34.5 Å². The molecule has 2 aromatic carbocycles. The van der Waals surface area contributed by atoms with E-state index in [1.165, 1.54) is 13.5 Å². The second kappa shape index (κ2) is 9.64. The second-order valence-corrected chi connectivity index (χ2v) is 6.30. The van der Waals surface area contributed by atoms with E-state index in [0.29, 0.717) is 35.4 Å². The number of hydrogen-bond donors (Lipinski definition) is 0. The molecule has 0 saturated carbocycles. The average Bonchev–Trinajstić information content (AvgIpc) is 3.32. The van der Waals surface area contributed by atoms with Gasteiger partial charge in [-0.05, 0) is 36.4 Å². The van der Waals surface area contributed by atoms with E-state index >= 15 is 0 Å². The molecule has 9 heteroatoms. The molecule has 0 spiro atoms. The Labute approximate surface area is 174 Å². The summed E-state index contributed by atoms with van der Waals surface area (Å²) >= 11 is 0. The average molecular weight is 413 g/mol. The molecule has 0 bridgehead atoms. The van der Waals surface area contributed by atoms with E-state index in [9.17, 15) is 4.79 Å². The summed E-state index contributed by atoms with van der Waals surface area (Å²) in [6.45, 7) is 0.216. The molecule has 30 heavy (non-hydrogen) atoms. The number of benzene rings is 2. The normalized spacial score (nSPS) is 10.4. The third-order valence-corrected chi connectivity index (χ3v) is 4.44. The lowest BCUT2D eigenvalue weighted by Crippen LogP contribution is -2.31. The highest BCUT2D eigenvalue weighted by Crippen LogP contribution is 2.40. The fourth-order valence-electron chi connectivity index (χ4n) is 2.88. The van der Waals surface area contributed by atoms with Crippen molar-refractivity contribution >= 4 is 5.91 Å². The lowest BCUT2D eigenvalue weighted by molar-refractivity contribution is -0.132. The maximum atomic E-state index is 12.5. The highest BCUT2D eigenvalue weighted by molar-refractivity contribution is 5.77. The molecule has 3 aromatic rings. The third kappa shape index (κ3) is 4.62. The van der Waals surface area contributed by atoms with Gasteiger partial charge in [0.1, 0.15) is 5.75 Å². The fraction of sp³-hybridized carbons (Fsp3) is 0.286. The van der Waals surface area contributed by atoms with Crippen LogP contribution in [0, 0.1) is 0 Å². The van der Waals surface area contributed by atoms with Gasteiger partial charge in [0, 0.05) is 24.7 Å². The quantitative estimate of drug-likeness (QED) is 0.528. The zero-order chi connectivity index (χ0) is 21.5. The van der Waals surface area contributed by atoms with E-state index in [0.717, 1.165) is 11.1 Å². The maximum Gasteiger partial charge on any atom is 0.260 e. The molecule has 0 aliphatic rings. The maximum absolute atomic E-state index is 12.5. The predicted octanol–water partition coefficient (Wildman–Crippen LogP) is 2.80. The first kappa shape index (κ1) is 21.0. The Kier molecular flexibility index (Phi) is 6.74. The Morgan fingerprint density at radius 2 is 1.73 bits per heavy atom. The third-order valence-electron chi connectivity index (χ3n) is 4.44. The van der Waals surface area contributed by atoms with E-state index in [2.05, 4.69) is 10.2 Å². The standard InChI is InChI=1S/C21H23N3O6/c1-24(11-15-7-10-17(26-2)20(28-4)19(15)27-3)18(25)12-29-16-8-5-14(6-9-16)21-23-22-13-30-21/h5-10,13H,11-12H2,1-4H3. The van der Waals surface area contributed by atoms with Gasteiger partial charge in [-0.3, -0.25) is 4.79 Å². The number of carbonyl (C=O) groups excluding carboxylic acids is 1. The van der Waals surface area contributed by atoms with Crippen LogP contribution in [-0.2, 0) is 11.3 Å². The van der Waals surface area contributed by atoms with Crippen LogP contribution < -0.4 is 18.9 Å². The van der Waals surface area contributed by atoms with Gasteiger partial charge in [0.05, 0.1) is 21.3 Å². The number of rotatable bonds is 9. The molecular weight excluding hydrogens is 390 g/mol. The Bertz CT molecular complexity index is 973. The van der Waals surface area contributed by atoms with Crippen molar-refractivity contribution in [3.05, 3.63) is 48.4 Å². The summed E-state index contributed by atoms with van der Waals surface area (Å²) in [4.78, 5) is 14.1. The molecule has 0 saturated heterocycles. The minimum atomic E-state index is -0.187. The van der Waals surface area contributed by atoms with Crippen LogP contribution in [0.2, 0.25) is 0 Å². The van der Waals surface area contributed by atoms with Crippen molar-refractivity contribution in [2.45, 2.75) is 6.54 Å². The Morgan fingerprint density at radius 1 is 1.00 bits per heavy atom. The van der Waals surface area contributed by atoms with Crippen LogP contribution in [0.3, 0.4) is 0 Å². The van der Waals surface area contributed by atoms with Gasteiger partial charge in [0.2, 0.25) is 18.0 Å². The molecule has 0 radical (unpaired) electrons. The molecule has 0 N–H and O–H groups in total. The van der Waals surface area contributed by atoms with E-state index in [-0.39, 0.29) is 12.5 Å². The number of hydrogen-bond acceptors (Lipinski definition) is 8. The van der Waals surface area contributed by atoms with Crippen LogP contribution >= 0.6 is 0 Å². The van der Waals surface area contributed by atoms with Crippen molar-refractivity contribution in [1.29, 1.82) is 0 Å². The summed E-state index contributed by atoms with van der Waals surface area (Å²) in [6, 6.07) is 10.7. The largest absolute Gasteiger partial charge is 0.493 e. The lowest BCUT2D eigenvalue weighted by Gasteiger charge is -2.21. The number of nitrogens with zero attached hydrogens (tertiary/aromatic N) is 3. The molecular formula is C21H23N3O6. The number of amides is 1. The first-order valence-electron chi connectivity index (χ1n) is 9.08. The molecule has 0 unspecified atom stereocenters. The molecule has 0 aliphatic heterocycles. The van der Waals surface area contributed by atoms with Crippen LogP contribution in [0.1, 0.15) is 5.56 Å². The van der Waals surface area contributed by atoms with Gasteiger partial charge in [-0.15, -0.1) is 10.2 Å². The summed E-state index contributed by atoms with van der Waals surface area (Å²) in [7, 11) is 6.33. The first-order valence-corrected chi connectivity index (χ1v) is 9.08. The molecule has 0 fully saturated rings. The van der Waals surface area contributed by atoms with Crippen molar-refractivity contribution in [2.24, 2.45) is 0 Å². The summed E-state index contributed by atoms with van der Waals surface area (Å²) in [5.41, 5.74) is 1.55. The van der Waals surface area contributed by atoms with E-state index in [1.807, 2.05) is 6.07 Å². The first-order chi connectivity index (χ1) is 14.6. The van der Waals surface area contributed by atoms with E-state index in [1.54, 1.807) is 56.5 Å². The highest BCUT2D eigenvalue weighted by atomic mass is 16.5. The number of carbonyl (C=O) groups is 1. The molecule has 0 aliphatic carbocycles. The topological polar surface area (TPSA) is 96.2 Å². The molecule has 0 atom stereocenters. The molecule has 3 rings (SSSR count). The van der Waals surface area contributed by atoms with Crippen molar-refractivity contribution in [1.82, 2.24) is 15.1 Å². The summed E-state index contributed by atoms with van der Waals surface area (Å²) in [6.07, 6.45) is 1.27. The summed E-state index contributed by atoms with van der Waals surface area (Å²) in [5.74, 6) is 2.35. The zero-order valence-electron chi connectivity index (χ0n) is 17.2. The highest BCUT2D eigenvalue weighted by Gasteiger charge is 2.19. The van der Waals surface area contributed by atoms with Crippen molar-refractivity contribution in [3.63, 3.8) is 0 Å². The Balaban J connectivity index is 1.61. The molecule has 1 heterocycles. The SMILES string of the molecule is COc1ccc(CN(C)C(=O)COc2ccc(-c3nnco3)cc2)c(OC)c1OC. The van der Waals surface area contributed by atoms with Crippen LogP contribution in [-0.4, -0.2) is 56.0 Å². The van der Waals surface area contributed by atoms with Crippen LogP contribution in [0.5, 0.6) is 23.0 Å². The van der Waals surface area contributed by atoms with Gasteiger partial charge in [-0.2, -0.15) is 0 Å². The van der Waals surface area contributed by atoms with Crippen LogP contribution in [0.15, 0.2) is 47.2 Å². The van der Waals surface area contributed by atoms with E-state index in [4.69, 9.17) is 23.4 Å². The Hall–Kier alpha value is -3.75. The van der Waals surface area contributed by atoms with Crippen molar-refractivity contribution < 1.29 is 28.2 Å². The van der Waals surface area contributed by atoms with Crippen LogP contribution in [0.4, 0.5) is 0 Å². The van der Waals surface area contributed by atoms with Gasteiger partial charge in [-0.25, -0.2) is 0 Å². The van der Waals surface area contributed by atoms with Gasteiger partial charge in [0.25, 0.3) is 5.91 Å². The Morgan fingerprint density at radius 3 is 2.33 bits per heavy atom. The number of ether oxygens (including phenoxy) is 4. The van der Waals surface area contributed by atoms with Gasteiger partial charge in [-0.1, -0.05) is 0 Å². The summed E-state index contributed by atoms with van der Waals surface area (Å²) < 4.78 is 26.9. The molecule has 158 valence electrons. The van der Waals surface area contributed by atoms with E-state index < -0.39 is 0 Å². The second-order valence-electron chi connectivity index (χ2n) is 6.30. The smallest absolute Gasteiger partial charge is 0.260 e. The number of likely N-dealkylation sites (N-methyl/N-ethyl adjacent to an activating group) is 1. The number of aromatic nitrogens is 2. The lowest BCUT2D eigenvalue weighted by atomic mass is 10.1. The van der Waals surface area contributed by atoms with Gasteiger partial charge >= 0.3 is 0 Å². The van der Waals surface area contributed by atoms with Gasteiger partial charge in [0.15, 0.2) is 18.1 Å². The van der Waals surface area contributed by atoms with Crippen LogP contribution in [0.25, 0.3) is 11.5 Å². The zero-order valence-corrected chi connectivity index (χ0v) is 17.2. The number of methoxy groups -OCH3 is 3. The molecule has 1 amide bonds. The minimum Gasteiger partial charge on any atom is -0.493 e. The minimum absolute atomic E-state index is 0.105. The fourth-order valence-corrected chi connectivity index (χ4v) is 2.88. The molecule has 1 aromatic heterocycles. The molecule has 9 nitrogen and oxygen atoms in total. The summed E-state index contributed by atoms with van der Waals surface area (Å²) in [5, 5.41) is 7.49. The predicted molar refractivity (Wildman–Crippen MR) is 108 cm³/mol.